The fourth-order valence-corrected chi connectivity index (χ4v) is 1.20. The number of phenolic OH excluding ortho intramolecular Hbond substituents is 1. The molecule has 0 unspecified atom stereocenters. The first-order valence-corrected chi connectivity index (χ1v) is 4.17. The Morgan fingerprint density at radius 3 is 2.71 bits per heavy atom. The van der Waals surface area contributed by atoms with E-state index in [9.17, 15) is 14.7 Å². The number of aromatic hydroxyl groups is 1. The Morgan fingerprint density at radius 2 is 2.21 bits per heavy atom. The number of phenols is 1. The molecule has 0 aromatic heterocycles. The number of amides is 1. The highest BCUT2D eigenvalue weighted by Crippen LogP contribution is 2.32. The molecule has 5 heteroatoms. The molecule has 0 atom stereocenters. The van der Waals surface area contributed by atoms with Crippen LogP contribution in [0.2, 0.25) is 5.02 Å². The number of nitrogens with one attached hydrogen (secondary N) is 1. The van der Waals surface area contributed by atoms with Crippen LogP contribution in [-0.4, -0.2) is 17.3 Å². The van der Waals surface area contributed by atoms with Crippen LogP contribution in [-0.2, 0) is 4.79 Å². The number of anilines is 1. The number of benzene rings is 1. The van der Waals surface area contributed by atoms with Crippen molar-refractivity contribution in [2.24, 2.45) is 0 Å². The minimum Gasteiger partial charge on any atom is -0.504 e. The van der Waals surface area contributed by atoms with Gasteiger partial charge < -0.3 is 10.4 Å². The van der Waals surface area contributed by atoms with Crippen LogP contribution in [0.1, 0.15) is 17.3 Å². The molecule has 0 spiro atoms. The van der Waals surface area contributed by atoms with Crippen LogP contribution in [0.25, 0.3) is 0 Å². The number of rotatable bonds is 2. The molecule has 14 heavy (non-hydrogen) atoms. The molecule has 0 saturated heterocycles. The molecule has 0 bridgehead atoms. The van der Waals surface area contributed by atoms with Gasteiger partial charge in [-0.1, -0.05) is 11.6 Å². The van der Waals surface area contributed by atoms with Gasteiger partial charge in [-0.15, -0.1) is 0 Å². The van der Waals surface area contributed by atoms with Gasteiger partial charge in [0.05, 0.1) is 10.7 Å². The zero-order valence-corrected chi connectivity index (χ0v) is 8.13. The minimum absolute atomic E-state index is 0.0263. The normalized spacial score (nSPS) is 9.57. The van der Waals surface area contributed by atoms with E-state index in [4.69, 9.17) is 11.6 Å². The van der Waals surface area contributed by atoms with Crippen LogP contribution in [0.5, 0.6) is 5.75 Å². The smallest absolute Gasteiger partial charge is 0.221 e. The molecule has 1 amide bonds. The maximum Gasteiger partial charge on any atom is 0.221 e. The van der Waals surface area contributed by atoms with Crippen LogP contribution in [0.4, 0.5) is 5.69 Å². The molecule has 0 saturated carbocycles. The molecule has 1 aromatic rings. The fraction of sp³-hybridized carbons (Fsp3) is 0.111. The van der Waals surface area contributed by atoms with E-state index < -0.39 is 0 Å². The van der Waals surface area contributed by atoms with Crippen molar-refractivity contribution in [1.29, 1.82) is 0 Å². The third-order valence-corrected chi connectivity index (χ3v) is 1.82. The third kappa shape index (κ3) is 2.23. The monoisotopic (exact) mass is 213 g/mol. The lowest BCUT2D eigenvalue weighted by Gasteiger charge is -2.07. The van der Waals surface area contributed by atoms with E-state index in [0.717, 1.165) is 0 Å². The maximum atomic E-state index is 10.7. The Labute approximate surface area is 85.5 Å². The summed E-state index contributed by atoms with van der Waals surface area (Å²) in [7, 11) is 0. The van der Waals surface area contributed by atoms with E-state index in [1.165, 1.54) is 19.1 Å². The summed E-state index contributed by atoms with van der Waals surface area (Å²) in [6.45, 7) is 1.29. The molecule has 2 N–H and O–H groups in total. The van der Waals surface area contributed by atoms with Gasteiger partial charge >= 0.3 is 0 Å². The van der Waals surface area contributed by atoms with Gasteiger partial charge in [-0.2, -0.15) is 0 Å². The zero-order chi connectivity index (χ0) is 10.7. The van der Waals surface area contributed by atoms with Crippen molar-refractivity contribution in [1.82, 2.24) is 0 Å². The Balaban J connectivity index is 3.19. The van der Waals surface area contributed by atoms with E-state index in [1.807, 2.05) is 0 Å². The molecule has 0 aliphatic heterocycles. The predicted octanol–water partition coefficient (Wildman–Crippen LogP) is 1.82. The Bertz CT molecular complexity index is 390. The van der Waals surface area contributed by atoms with E-state index in [0.29, 0.717) is 6.29 Å². The van der Waals surface area contributed by atoms with Crippen molar-refractivity contribution < 1.29 is 14.7 Å². The standard InChI is InChI=1S/C9H8ClNO3/c1-5(13)11-8-3-6(4-12)2-7(10)9(8)14/h2-4,14H,1H3,(H,11,13). The van der Waals surface area contributed by atoms with Gasteiger partial charge in [0, 0.05) is 12.5 Å². The molecule has 0 heterocycles. The van der Waals surface area contributed by atoms with E-state index in [2.05, 4.69) is 5.32 Å². The molecule has 1 rings (SSSR count). The molecular weight excluding hydrogens is 206 g/mol. The van der Waals surface area contributed by atoms with E-state index in [1.54, 1.807) is 0 Å². The number of hydrogen-bond donors (Lipinski definition) is 2. The van der Waals surface area contributed by atoms with Crippen molar-refractivity contribution in [3.05, 3.63) is 22.7 Å². The first-order chi connectivity index (χ1) is 6.54. The second-order valence-electron chi connectivity index (χ2n) is 2.70. The van der Waals surface area contributed by atoms with Crippen LogP contribution >= 0.6 is 11.6 Å². The fourth-order valence-electron chi connectivity index (χ4n) is 0.973. The first-order valence-electron chi connectivity index (χ1n) is 3.80. The van der Waals surface area contributed by atoms with Gasteiger partial charge in [0.1, 0.15) is 6.29 Å². The average Bonchev–Trinajstić information content (AvgIpc) is 2.11. The maximum absolute atomic E-state index is 10.7. The van der Waals surface area contributed by atoms with Gasteiger partial charge in [-0.05, 0) is 12.1 Å². The molecule has 0 radical (unpaired) electrons. The largest absolute Gasteiger partial charge is 0.504 e. The molecule has 0 fully saturated rings. The SMILES string of the molecule is CC(=O)Nc1cc(C=O)cc(Cl)c1O. The summed E-state index contributed by atoms with van der Waals surface area (Å²) in [4.78, 5) is 21.2. The Hall–Kier alpha value is -1.55. The summed E-state index contributed by atoms with van der Waals surface area (Å²) in [5.74, 6) is -0.591. The lowest BCUT2D eigenvalue weighted by atomic mass is 10.2. The quantitative estimate of drug-likeness (QED) is 0.582. The Morgan fingerprint density at radius 1 is 1.57 bits per heavy atom. The number of aldehydes is 1. The van der Waals surface area contributed by atoms with Crippen LogP contribution in [0, 0.1) is 0 Å². The topological polar surface area (TPSA) is 66.4 Å². The van der Waals surface area contributed by atoms with Gasteiger partial charge in [0.25, 0.3) is 0 Å². The van der Waals surface area contributed by atoms with Crippen molar-refractivity contribution in [3.63, 3.8) is 0 Å². The first kappa shape index (κ1) is 10.5. The van der Waals surface area contributed by atoms with Crippen molar-refractivity contribution in [2.45, 2.75) is 6.92 Å². The van der Waals surface area contributed by atoms with E-state index in [-0.39, 0.29) is 27.9 Å². The predicted molar refractivity (Wildman–Crippen MR) is 52.8 cm³/mol. The second kappa shape index (κ2) is 4.11. The average molecular weight is 214 g/mol. The highest BCUT2D eigenvalue weighted by Gasteiger charge is 2.08. The van der Waals surface area contributed by atoms with Crippen LogP contribution < -0.4 is 5.32 Å². The summed E-state index contributed by atoms with van der Waals surface area (Å²) in [5, 5.41) is 11.8. The summed E-state index contributed by atoms with van der Waals surface area (Å²) < 4.78 is 0. The van der Waals surface area contributed by atoms with E-state index >= 15 is 0 Å². The lowest BCUT2D eigenvalue weighted by molar-refractivity contribution is -0.114. The van der Waals surface area contributed by atoms with Gasteiger partial charge in [-0.25, -0.2) is 0 Å². The summed E-state index contributed by atoms with van der Waals surface area (Å²) in [5.41, 5.74) is 0.420. The highest BCUT2D eigenvalue weighted by atomic mass is 35.5. The number of hydrogen-bond acceptors (Lipinski definition) is 3. The Kier molecular flexibility index (Phi) is 3.09. The number of halogens is 1. The highest BCUT2D eigenvalue weighted by molar-refractivity contribution is 6.32. The summed E-state index contributed by atoms with van der Waals surface area (Å²) >= 11 is 5.62. The molecule has 74 valence electrons. The summed E-state index contributed by atoms with van der Waals surface area (Å²) in [6.07, 6.45) is 0.580. The molecule has 0 aliphatic rings. The second-order valence-corrected chi connectivity index (χ2v) is 3.11. The van der Waals surface area contributed by atoms with Gasteiger partial charge in [0.15, 0.2) is 5.75 Å². The van der Waals surface area contributed by atoms with Gasteiger partial charge in [0.2, 0.25) is 5.91 Å². The number of carbonyl (C=O) groups is 2. The van der Waals surface area contributed by atoms with Gasteiger partial charge in [-0.3, -0.25) is 9.59 Å². The zero-order valence-electron chi connectivity index (χ0n) is 7.37. The molecule has 4 nitrogen and oxygen atoms in total. The van der Waals surface area contributed by atoms with Crippen molar-refractivity contribution in [2.75, 3.05) is 5.32 Å². The molecule has 1 aromatic carbocycles. The lowest BCUT2D eigenvalue weighted by Crippen LogP contribution is -2.06. The molecular formula is C9H8ClNO3. The number of carbonyl (C=O) groups excluding carboxylic acids is 2. The van der Waals surface area contributed by atoms with Crippen molar-refractivity contribution >= 4 is 29.5 Å². The third-order valence-electron chi connectivity index (χ3n) is 1.53. The summed E-state index contributed by atoms with van der Waals surface area (Å²) in [6, 6.07) is 2.66. The molecule has 0 aliphatic carbocycles. The van der Waals surface area contributed by atoms with Crippen LogP contribution in [0.3, 0.4) is 0 Å². The minimum atomic E-state index is -0.348. The van der Waals surface area contributed by atoms with Crippen molar-refractivity contribution in [3.8, 4) is 5.75 Å². The van der Waals surface area contributed by atoms with Crippen LogP contribution in [0.15, 0.2) is 12.1 Å².